The van der Waals surface area contributed by atoms with Gasteiger partial charge in [0, 0.05) is 22.5 Å². The molecule has 0 aliphatic rings. The second kappa shape index (κ2) is 8.30. The lowest BCUT2D eigenvalue weighted by Crippen LogP contribution is -2.20. The van der Waals surface area contributed by atoms with Gasteiger partial charge in [0.2, 0.25) is 0 Å². The standard InChI is InChI=1S/C18H12Cl2F4N4O/c19-13-5-2-6-15(21)12(13)8-28-9-14(20)16(27-28)26-17(29)25-11-4-1-3-10(7-11)18(22,23)24/h1-7,9H,8H2,(H2,25,26,27,29). The van der Waals surface area contributed by atoms with Crippen LogP contribution in [0.5, 0.6) is 0 Å². The summed E-state index contributed by atoms with van der Waals surface area (Å²) in [5.74, 6) is -0.579. The zero-order valence-electron chi connectivity index (χ0n) is 14.4. The molecule has 0 aliphatic carbocycles. The van der Waals surface area contributed by atoms with Crippen molar-refractivity contribution >= 4 is 40.7 Å². The fourth-order valence-electron chi connectivity index (χ4n) is 2.45. The van der Waals surface area contributed by atoms with Gasteiger partial charge in [0.05, 0.1) is 12.1 Å². The SMILES string of the molecule is O=C(Nc1cccc(C(F)(F)F)c1)Nc1nn(Cc2c(F)cccc2Cl)cc1Cl. The van der Waals surface area contributed by atoms with Crippen molar-refractivity contribution in [2.24, 2.45) is 0 Å². The number of carbonyl (C=O) groups is 1. The summed E-state index contributed by atoms with van der Waals surface area (Å²) in [6.07, 6.45) is -3.19. The molecule has 2 amide bonds. The van der Waals surface area contributed by atoms with Gasteiger partial charge in [-0.05, 0) is 30.3 Å². The van der Waals surface area contributed by atoms with Crippen LogP contribution in [0.1, 0.15) is 11.1 Å². The molecular formula is C18H12Cl2F4N4O. The summed E-state index contributed by atoms with van der Waals surface area (Å²) in [4.78, 5) is 12.1. The highest BCUT2D eigenvalue weighted by Gasteiger charge is 2.30. The second-order valence-electron chi connectivity index (χ2n) is 5.88. The Labute approximate surface area is 172 Å². The van der Waals surface area contributed by atoms with Crippen molar-refractivity contribution in [1.82, 2.24) is 9.78 Å². The van der Waals surface area contributed by atoms with Crippen LogP contribution in [0, 0.1) is 5.82 Å². The third kappa shape index (κ3) is 5.18. The van der Waals surface area contributed by atoms with Crippen molar-refractivity contribution in [3.63, 3.8) is 0 Å². The first-order chi connectivity index (χ1) is 13.6. The number of halogens is 6. The fourth-order valence-corrected chi connectivity index (χ4v) is 2.87. The molecule has 29 heavy (non-hydrogen) atoms. The summed E-state index contributed by atoms with van der Waals surface area (Å²) < 4.78 is 53.4. The van der Waals surface area contributed by atoms with E-state index in [0.717, 1.165) is 18.2 Å². The number of nitrogens with zero attached hydrogens (tertiary/aromatic N) is 2. The van der Waals surface area contributed by atoms with Gasteiger partial charge >= 0.3 is 12.2 Å². The van der Waals surface area contributed by atoms with E-state index < -0.39 is 23.6 Å². The smallest absolute Gasteiger partial charge is 0.308 e. The highest BCUT2D eigenvalue weighted by molar-refractivity contribution is 6.33. The minimum Gasteiger partial charge on any atom is -0.308 e. The number of nitrogens with one attached hydrogen (secondary N) is 2. The lowest BCUT2D eigenvalue weighted by Gasteiger charge is -2.10. The molecule has 3 rings (SSSR count). The van der Waals surface area contributed by atoms with Crippen molar-refractivity contribution in [1.29, 1.82) is 0 Å². The molecule has 2 N–H and O–H groups in total. The van der Waals surface area contributed by atoms with Gasteiger partial charge in [0.15, 0.2) is 5.82 Å². The maximum absolute atomic E-state index is 13.9. The monoisotopic (exact) mass is 446 g/mol. The minimum atomic E-state index is -4.54. The number of benzene rings is 2. The summed E-state index contributed by atoms with van der Waals surface area (Å²) >= 11 is 12.0. The number of aromatic nitrogens is 2. The number of hydrogen-bond donors (Lipinski definition) is 2. The van der Waals surface area contributed by atoms with Gasteiger partial charge in [-0.2, -0.15) is 18.3 Å². The molecule has 0 radical (unpaired) electrons. The molecule has 0 bridgehead atoms. The summed E-state index contributed by atoms with van der Waals surface area (Å²) in [6.45, 7) is -0.0395. The lowest BCUT2D eigenvalue weighted by atomic mass is 10.2. The van der Waals surface area contributed by atoms with Gasteiger partial charge in [-0.15, -0.1) is 0 Å². The average Bonchev–Trinajstić information content (AvgIpc) is 2.97. The molecule has 5 nitrogen and oxygen atoms in total. The van der Waals surface area contributed by atoms with E-state index in [2.05, 4.69) is 15.7 Å². The zero-order chi connectivity index (χ0) is 21.2. The van der Waals surface area contributed by atoms with E-state index >= 15 is 0 Å². The number of hydrogen-bond acceptors (Lipinski definition) is 2. The Kier molecular flexibility index (Phi) is 5.99. The van der Waals surface area contributed by atoms with E-state index in [0.29, 0.717) is 0 Å². The number of carbonyl (C=O) groups excluding carboxylic acids is 1. The normalized spacial score (nSPS) is 11.4. The maximum Gasteiger partial charge on any atom is 0.416 e. The van der Waals surface area contributed by atoms with Crippen LogP contribution in [0.25, 0.3) is 0 Å². The molecule has 0 unspecified atom stereocenters. The molecule has 1 aromatic heterocycles. The van der Waals surface area contributed by atoms with Gasteiger partial charge in [0.25, 0.3) is 0 Å². The van der Waals surface area contributed by atoms with Crippen molar-refractivity contribution < 1.29 is 22.4 Å². The first-order valence-corrected chi connectivity index (χ1v) is 8.80. The topological polar surface area (TPSA) is 59.0 Å². The minimum absolute atomic E-state index is 0.0395. The molecule has 0 aliphatic heterocycles. The molecule has 0 saturated carbocycles. The first kappa shape index (κ1) is 20.9. The summed E-state index contributed by atoms with van der Waals surface area (Å²) in [5, 5.41) is 8.89. The molecule has 2 aromatic carbocycles. The number of alkyl halides is 3. The first-order valence-electron chi connectivity index (χ1n) is 8.04. The molecule has 0 saturated heterocycles. The van der Waals surface area contributed by atoms with E-state index in [4.69, 9.17) is 23.2 Å². The molecular weight excluding hydrogens is 435 g/mol. The fraction of sp³-hybridized carbons (Fsp3) is 0.111. The van der Waals surface area contributed by atoms with Crippen LogP contribution in [-0.4, -0.2) is 15.8 Å². The van der Waals surface area contributed by atoms with Crippen molar-refractivity contribution in [2.45, 2.75) is 12.7 Å². The van der Waals surface area contributed by atoms with Gasteiger partial charge in [-0.1, -0.05) is 35.3 Å². The second-order valence-corrected chi connectivity index (χ2v) is 6.70. The Bertz CT molecular complexity index is 1030. The maximum atomic E-state index is 13.9. The van der Waals surface area contributed by atoms with Gasteiger partial charge in [-0.3, -0.25) is 10.00 Å². The predicted octanol–water partition coefficient (Wildman–Crippen LogP) is 6.04. The third-order valence-electron chi connectivity index (χ3n) is 3.78. The van der Waals surface area contributed by atoms with Crippen molar-refractivity contribution in [2.75, 3.05) is 10.6 Å². The van der Waals surface area contributed by atoms with Crippen LogP contribution in [0.2, 0.25) is 10.0 Å². The number of amides is 2. The Balaban J connectivity index is 1.70. The van der Waals surface area contributed by atoms with E-state index in [-0.39, 0.29) is 33.7 Å². The predicted molar refractivity (Wildman–Crippen MR) is 102 cm³/mol. The number of urea groups is 1. The van der Waals surface area contributed by atoms with Gasteiger partial charge < -0.3 is 5.32 Å². The van der Waals surface area contributed by atoms with E-state index in [9.17, 15) is 22.4 Å². The molecule has 3 aromatic rings. The Hall–Kier alpha value is -2.78. The molecule has 1 heterocycles. The third-order valence-corrected chi connectivity index (χ3v) is 4.41. The molecule has 0 atom stereocenters. The largest absolute Gasteiger partial charge is 0.416 e. The summed E-state index contributed by atoms with van der Waals surface area (Å²) in [7, 11) is 0. The molecule has 0 spiro atoms. The van der Waals surface area contributed by atoms with Gasteiger partial charge in [-0.25, -0.2) is 9.18 Å². The number of rotatable bonds is 4. The van der Waals surface area contributed by atoms with Crippen molar-refractivity contribution in [3.8, 4) is 0 Å². The number of anilines is 2. The van der Waals surface area contributed by atoms with Crippen LogP contribution in [-0.2, 0) is 12.7 Å². The highest BCUT2D eigenvalue weighted by Crippen LogP contribution is 2.30. The van der Waals surface area contributed by atoms with Crippen LogP contribution in [0.4, 0.5) is 33.9 Å². The Morgan fingerprint density at radius 2 is 1.79 bits per heavy atom. The molecule has 152 valence electrons. The highest BCUT2D eigenvalue weighted by atomic mass is 35.5. The lowest BCUT2D eigenvalue weighted by molar-refractivity contribution is -0.137. The van der Waals surface area contributed by atoms with E-state index in [1.165, 1.54) is 35.1 Å². The van der Waals surface area contributed by atoms with Crippen LogP contribution in [0.15, 0.2) is 48.7 Å². The molecule has 0 fully saturated rings. The van der Waals surface area contributed by atoms with E-state index in [1.807, 2.05) is 0 Å². The Morgan fingerprint density at radius 3 is 2.48 bits per heavy atom. The average molecular weight is 447 g/mol. The van der Waals surface area contributed by atoms with Crippen LogP contribution in [0.3, 0.4) is 0 Å². The quantitative estimate of drug-likeness (QED) is 0.480. The van der Waals surface area contributed by atoms with Crippen LogP contribution < -0.4 is 10.6 Å². The summed E-state index contributed by atoms with van der Waals surface area (Å²) in [6, 6.07) is 7.52. The summed E-state index contributed by atoms with van der Waals surface area (Å²) in [5.41, 5.74) is -0.779. The Morgan fingerprint density at radius 1 is 1.07 bits per heavy atom. The molecule has 11 heteroatoms. The van der Waals surface area contributed by atoms with E-state index in [1.54, 1.807) is 0 Å². The van der Waals surface area contributed by atoms with Gasteiger partial charge in [0.1, 0.15) is 10.8 Å². The van der Waals surface area contributed by atoms with Crippen molar-refractivity contribution in [3.05, 3.63) is 75.7 Å². The zero-order valence-corrected chi connectivity index (χ0v) is 15.9. The van der Waals surface area contributed by atoms with Crippen LogP contribution >= 0.6 is 23.2 Å².